The smallest absolute Gasteiger partial charge is 0.325 e. The molecule has 4 aliphatic rings. The molecule has 4 heterocycles. The largest absolute Gasteiger partial charge is 0.493 e. The first-order valence-corrected chi connectivity index (χ1v) is 12.8. The molecule has 4 atom stereocenters. The Labute approximate surface area is 210 Å². The summed E-state index contributed by atoms with van der Waals surface area (Å²) in [5.74, 6) is 1.69. The predicted molar refractivity (Wildman–Crippen MR) is 129 cm³/mol. The molecular weight excluding hydrogens is 464 g/mol. The second-order valence-electron chi connectivity index (χ2n) is 10.3. The zero-order valence-electron chi connectivity index (χ0n) is 20.9. The van der Waals surface area contributed by atoms with Crippen molar-refractivity contribution in [2.75, 3.05) is 33.9 Å². The number of urea groups is 1. The summed E-state index contributed by atoms with van der Waals surface area (Å²) >= 11 is 0. The Morgan fingerprint density at radius 2 is 1.89 bits per heavy atom. The van der Waals surface area contributed by atoms with E-state index in [1.165, 1.54) is 12.0 Å². The normalized spacial score (nSPS) is 27.6. The zero-order valence-corrected chi connectivity index (χ0v) is 20.9. The Hall–Kier alpha value is -3.30. The van der Waals surface area contributed by atoms with E-state index >= 15 is 0 Å². The molecule has 5 amide bonds. The molecule has 36 heavy (non-hydrogen) atoms. The molecule has 0 saturated carbocycles. The van der Waals surface area contributed by atoms with Gasteiger partial charge in [0.1, 0.15) is 6.04 Å². The molecule has 10 heteroatoms. The maximum Gasteiger partial charge on any atom is 0.325 e. The van der Waals surface area contributed by atoms with Gasteiger partial charge >= 0.3 is 6.03 Å². The first-order chi connectivity index (χ1) is 17.4. The summed E-state index contributed by atoms with van der Waals surface area (Å²) in [5.41, 5.74) is 0.739. The van der Waals surface area contributed by atoms with Crippen molar-refractivity contribution in [2.24, 2.45) is 11.8 Å². The van der Waals surface area contributed by atoms with Crippen LogP contribution in [0.2, 0.25) is 0 Å². The van der Waals surface area contributed by atoms with E-state index in [1.807, 2.05) is 4.90 Å². The van der Waals surface area contributed by atoms with Crippen LogP contribution in [-0.4, -0.2) is 84.4 Å². The highest BCUT2D eigenvalue weighted by atomic mass is 16.5. The van der Waals surface area contributed by atoms with Crippen molar-refractivity contribution in [1.29, 1.82) is 0 Å². The van der Waals surface area contributed by atoms with Gasteiger partial charge in [0, 0.05) is 38.5 Å². The zero-order chi connectivity index (χ0) is 25.4. The quantitative estimate of drug-likeness (QED) is 0.574. The van der Waals surface area contributed by atoms with Crippen LogP contribution in [0.15, 0.2) is 18.2 Å². The highest BCUT2D eigenvalue weighted by Gasteiger charge is 2.45. The van der Waals surface area contributed by atoms with E-state index < -0.39 is 12.1 Å². The molecule has 1 aromatic carbocycles. The molecule has 0 aliphatic carbocycles. The number of nitrogens with one attached hydrogen (secondary N) is 1. The molecule has 0 spiro atoms. The number of methoxy groups -OCH3 is 2. The van der Waals surface area contributed by atoms with Gasteiger partial charge in [-0.2, -0.15) is 0 Å². The van der Waals surface area contributed by atoms with Gasteiger partial charge < -0.3 is 24.6 Å². The van der Waals surface area contributed by atoms with Crippen molar-refractivity contribution in [3.8, 4) is 11.5 Å². The monoisotopic (exact) mass is 498 g/mol. The van der Waals surface area contributed by atoms with Crippen LogP contribution in [0.3, 0.4) is 0 Å². The molecule has 194 valence electrons. The molecule has 4 aliphatic heterocycles. The number of imide groups is 1. The van der Waals surface area contributed by atoms with Gasteiger partial charge in [-0.15, -0.1) is 0 Å². The summed E-state index contributed by atoms with van der Waals surface area (Å²) in [6, 6.07) is 4.34. The number of likely N-dealkylation sites (tertiary alicyclic amines) is 1. The van der Waals surface area contributed by atoms with E-state index in [0.29, 0.717) is 42.8 Å². The Morgan fingerprint density at radius 3 is 2.67 bits per heavy atom. The average molecular weight is 499 g/mol. The lowest BCUT2D eigenvalue weighted by Gasteiger charge is -2.52. The molecule has 0 radical (unpaired) electrons. The van der Waals surface area contributed by atoms with Crippen LogP contribution < -0.4 is 14.8 Å². The number of ether oxygens (including phenoxy) is 2. The van der Waals surface area contributed by atoms with Gasteiger partial charge in [0.15, 0.2) is 11.5 Å². The van der Waals surface area contributed by atoms with Crippen molar-refractivity contribution in [3.63, 3.8) is 0 Å². The summed E-state index contributed by atoms with van der Waals surface area (Å²) in [6.07, 6.45) is 4.13. The summed E-state index contributed by atoms with van der Waals surface area (Å²) in [6.45, 7) is 2.18. The van der Waals surface area contributed by atoms with Crippen LogP contribution >= 0.6 is 0 Å². The van der Waals surface area contributed by atoms with E-state index in [9.17, 15) is 19.2 Å². The molecule has 10 nitrogen and oxygen atoms in total. The summed E-state index contributed by atoms with van der Waals surface area (Å²) < 4.78 is 10.6. The standard InChI is InChI=1S/C26H34N4O6/c1-35-21-8-6-16(11-22(21)36-2)13-30-25(33)19(27-26(30)34)7-9-23(31)28-12-17-10-18(15-28)20-4-3-5-24(32)29(20)14-17/h6,8,11,17-20H,3-5,7,9-10,12-15H2,1-2H3,(H,27,34)/t17-,18+,19+,20-/m1/s1. The van der Waals surface area contributed by atoms with E-state index in [4.69, 9.17) is 9.47 Å². The minimum absolute atomic E-state index is 0.0145. The minimum Gasteiger partial charge on any atom is -0.493 e. The van der Waals surface area contributed by atoms with Crippen LogP contribution in [0.5, 0.6) is 11.5 Å². The van der Waals surface area contributed by atoms with Crippen LogP contribution in [0.1, 0.15) is 44.1 Å². The van der Waals surface area contributed by atoms with Gasteiger partial charge in [-0.1, -0.05) is 6.07 Å². The Morgan fingerprint density at radius 1 is 1.08 bits per heavy atom. The highest BCUT2D eigenvalue weighted by Crippen LogP contribution is 2.38. The van der Waals surface area contributed by atoms with Crippen molar-refractivity contribution < 1.29 is 28.7 Å². The third kappa shape index (κ3) is 4.60. The molecular formula is C26H34N4O6. The van der Waals surface area contributed by atoms with E-state index in [2.05, 4.69) is 10.2 Å². The number of nitrogens with zero attached hydrogens (tertiary/aromatic N) is 3. The molecule has 1 aromatic rings. The number of carbonyl (C=O) groups excluding carboxylic acids is 4. The Kier molecular flexibility index (Phi) is 6.77. The molecule has 0 aromatic heterocycles. The fraction of sp³-hybridized carbons (Fsp3) is 0.615. The predicted octanol–water partition coefficient (Wildman–Crippen LogP) is 1.76. The third-order valence-corrected chi connectivity index (χ3v) is 8.08. The SMILES string of the molecule is COc1ccc(CN2C(=O)N[C@@H](CCC(=O)N3C[C@H]4C[C@@H](C3)[C@H]3CCCC(=O)N3C4)C2=O)cc1OC. The van der Waals surface area contributed by atoms with Gasteiger partial charge in [0.25, 0.3) is 5.91 Å². The number of fused-ring (bicyclic) bond motifs is 4. The first-order valence-electron chi connectivity index (χ1n) is 12.8. The number of amides is 5. The van der Waals surface area contributed by atoms with E-state index in [-0.39, 0.29) is 43.1 Å². The van der Waals surface area contributed by atoms with Crippen molar-refractivity contribution in [3.05, 3.63) is 23.8 Å². The number of benzene rings is 1. The lowest BCUT2D eigenvalue weighted by Crippen LogP contribution is -2.61. The molecule has 2 bridgehead atoms. The molecule has 4 saturated heterocycles. The lowest BCUT2D eigenvalue weighted by molar-refractivity contribution is -0.148. The molecule has 0 unspecified atom stereocenters. The van der Waals surface area contributed by atoms with E-state index in [0.717, 1.165) is 31.4 Å². The Bertz CT molecular complexity index is 1060. The van der Waals surface area contributed by atoms with Crippen LogP contribution in [0, 0.1) is 11.8 Å². The van der Waals surface area contributed by atoms with Crippen molar-refractivity contribution in [2.45, 2.75) is 57.2 Å². The molecule has 1 N–H and O–H groups in total. The highest BCUT2D eigenvalue weighted by molar-refractivity contribution is 6.04. The second-order valence-corrected chi connectivity index (χ2v) is 10.3. The summed E-state index contributed by atoms with van der Waals surface area (Å²) in [7, 11) is 3.07. The second kappa shape index (κ2) is 9.99. The van der Waals surface area contributed by atoms with Crippen LogP contribution in [0.4, 0.5) is 4.79 Å². The topological polar surface area (TPSA) is 108 Å². The lowest BCUT2D eigenvalue weighted by atomic mass is 9.76. The Balaban J connectivity index is 1.16. The van der Waals surface area contributed by atoms with E-state index in [1.54, 1.807) is 25.3 Å². The van der Waals surface area contributed by atoms with Gasteiger partial charge in [-0.05, 0) is 55.2 Å². The van der Waals surface area contributed by atoms with Gasteiger partial charge in [0.2, 0.25) is 11.8 Å². The number of piperidine rings is 3. The average Bonchev–Trinajstić information content (AvgIpc) is 3.15. The maximum absolute atomic E-state index is 13.1. The summed E-state index contributed by atoms with van der Waals surface area (Å²) in [4.78, 5) is 56.1. The van der Waals surface area contributed by atoms with Crippen molar-refractivity contribution in [1.82, 2.24) is 20.0 Å². The number of hydrogen-bond donors (Lipinski definition) is 1. The molecule has 4 fully saturated rings. The molecule has 5 rings (SSSR count). The van der Waals surface area contributed by atoms with Crippen molar-refractivity contribution >= 4 is 23.8 Å². The van der Waals surface area contributed by atoms with Crippen LogP contribution in [0.25, 0.3) is 0 Å². The number of rotatable bonds is 7. The van der Waals surface area contributed by atoms with Gasteiger partial charge in [0.05, 0.1) is 20.8 Å². The minimum atomic E-state index is -0.711. The number of hydrogen-bond acceptors (Lipinski definition) is 6. The van der Waals surface area contributed by atoms with Crippen LogP contribution in [-0.2, 0) is 20.9 Å². The van der Waals surface area contributed by atoms with Gasteiger partial charge in [-0.25, -0.2) is 4.79 Å². The first kappa shape index (κ1) is 24.4. The van der Waals surface area contributed by atoms with Gasteiger partial charge in [-0.3, -0.25) is 19.3 Å². The fourth-order valence-corrected chi connectivity index (χ4v) is 6.32. The maximum atomic E-state index is 13.1. The fourth-order valence-electron chi connectivity index (χ4n) is 6.32. The number of carbonyl (C=O) groups is 4. The third-order valence-electron chi connectivity index (χ3n) is 8.08. The summed E-state index contributed by atoms with van der Waals surface area (Å²) in [5, 5.41) is 2.73.